The number of hydrogen-bond acceptors (Lipinski definition) is 0. The van der Waals surface area contributed by atoms with Gasteiger partial charge in [0.2, 0.25) is 0 Å². The van der Waals surface area contributed by atoms with Gasteiger partial charge in [-0.3, -0.25) is 0 Å². The van der Waals surface area contributed by atoms with Crippen molar-refractivity contribution in [1.29, 1.82) is 0 Å². The van der Waals surface area contributed by atoms with E-state index in [1.165, 1.54) is 0 Å². The van der Waals surface area contributed by atoms with E-state index in [1.54, 1.807) is 0 Å². The van der Waals surface area contributed by atoms with Crippen LogP contribution in [0.4, 0.5) is 0 Å². The predicted octanol–water partition coefficient (Wildman–Crippen LogP) is -0.505. The normalized spacial score (nSPS) is 0. The van der Waals surface area contributed by atoms with Gasteiger partial charge in [0.05, 0.1) is 0 Å². The zero-order valence-corrected chi connectivity index (χ0v) is 12.7. The molecule has 0 aromatic carbocycles. The Morgan fingerprint density at radius 3 is 1.00 bits per heavy atom. The van der Waals surface area contributed by atoms with E-state index in [2.05, 4.69) is 0 Å². The fraction of sp³-hybridized carbons (Fsp3) is 0. The smallest absolute Gasteiger partial charge is 2.00 e. The summed E-state index contributed by atoms with van der Waals surface area (Å²) in [6, 6.07) is 0. The van der Waals surface area contributed by atoms with Crippen LogP contribution in [-0.2, 0) is 52.3 Å². The summed E-state index contributed by atoms with van der Waals surface area (Å²) in [4.78, 5) is 0. The van der Waals surface area contributed by atoms with Crippen LogP contribution in [0, 0.1) is 0 Å². The molecule has 0 saturated carbocycles. The van der Waals surface area contributed by atoms with E-state index in [4.69, 9.17) is 0 Å². The fourth-order valence-electron chi connectivity index (χ4n) is 0. The van der Waals surface area contributed by atoms with Crippen molar-refractivity contribution in [3.8, 4) is 0 Å². The molecule has 0 spiro atoms. The standard InChI is InChI=1S/Cd.In.O.Zn/q+2;+3;-2;+2. The second kappa shape index (κ2) is 18.2. The van der Waals surface area contributed by atoms with Gasteiger partial charge in [0.15, 0.2) is 0 Å². The zero-order valence-electron chi connectivity index (χ0n) is 2.40. The summed E-state index contributed by atoms with van der Waals surface area (Å²) in [5.74, 6) is 0. The Bertz CT molecular complexity index is 8.00. The fourth-order valence-corrected chi connectivity index (χ4v) is 0. The van der Waals surface area contributed by atoms with Gasteiger partial charge in [-0.1, -0.05) is 0 Å². The molecule has 4 heteroatoms. The Morgan fingerprint density at radius 2 is 1.00 bits per heavy atom. The molecule has 0 heterocycles. The van der Waals surface area contributed by atoms with Crippen molar-refractivity contribution in [2.75, 3.05) is 0 Å². The van der Waals surface area contributed by atoms with Crippen molar-refractivity contribution in [2.24, 2.45) is 0 Å². The molecule has 0 bridgehead atoms. The molecule has 1 nitrogen and oxygen atoms in total. The molecule has 0 fully saturated rings. The molecule has 0 aliphatic carbocycles. The minimum atomic E-state index is 0. The van der Waals surface area contributed by atoms with Crippen LogP contribution in [0.25, 0.3) is 0 Å². The third kappa shape index (κ3) is 8.83. The Morgan fingerprint density at radius 1 is 1.00 bits per heavy atom. The van der Waals surface area contributed by atoms with E-state index in [9.17, 15) is 0 Å². The van der Waals surface area contributed by atoms with Gasteiger partial charge in [0, 0.05) is 0 Å². The Hall–Kier alpha value is 2.38. The maximum atomic E-state index is 0. The van der Waals surface area contributed by atoms with Crippen molar-refractivity contribution in [3.63, 3.8) is 0 Å². The van der Waals surface area contributed by atoms with Crippen molar-refractivity contribution in [1.82, 2.24) is 0 Å². The van der Waals surface area contributed by atoms with Crippen LogP contribution >= 0.6 is 0 Å². The summed E-state index contributed by atoms with van der Waals surface area (Å²) in [7, 11) is 0. The molecular weight excluding hydrogens is 309 g/mol. The van der Waals surface area contributed by atoms with E-state index < -0.39 is 0 Å². The molecule has 0 rings (SSSR count). The van der Waals surface area contributed by atoms with E-state index in [-0.39, 0.29) is 78.1 Å². The van der Waals surface area contributed by atoms with Gasteiger partial charge >= 0.3 is 72.6 Å². The molecule has 0 amide bonds. The Balaban J connectivity index is 0. The van der Waals surface area contributed by atoms with Gasteiger partial charge in [0.1, 0.15) is 0 Å². The minimum absolute atomic E-state index is 0. The molecule has 0 aromatic rings. The summed E-state index contributed by atoms with van der Waals surface area (Å²) in [5, 5.41) is 0. The van der Waals surface area contributed by atoms with Gasteiger partial charge in [0.25, 0.3) is 0 Å². The molecule has 8 valence electrons. The first kappa shape index (κ1) is 32.6. The molecule has 0 aromatic heterocycles. The van der Waals surface area contributed by atoms with Crippen LogP contribution in [-0.4, -0.2) is 25.8 Å². The van der Waals surface area contributed by atoms with Crippen molar-refractivity contribution >= 4 is 25.8 Å². The van der Waals surface area contributed by atoms with Gasteiger partial charge < -0.3 is 5.48 Å². The van der Waals surface area contributed by atoms with Crippen LogP contribution < -0.4 is 0 Å². The first-order valence-corrected chi connectivity index (χ1v) is 0. The van der Waals surface area contributed by atoms with Crippen LogP contribution in [0.15, 0.2) is 0 Å². The first-order chi connectivity index (χ1) is 0. The van der Waals surface area contributed by atoms with Crippen LogP contribution in [0.2, 0.25) is 0 Å². The third-order valence-electron chi connectivity index (χ3n) is 0. The first-order valence-electron chi connectivity index (χ1n) is 0. The van der Waals surface area contributed by atoms with Crippen molar-refractivity contribution in [2.45, 2.75) is 0 Å². The molecule has 0 N–H and O–H groups in total. The third-order valence-corrected chi connectivity index (χ3v) is 0. The Labute approximate surface area is 76.9 Å². The van der Waals surface area contributed by atoms with Gasteiger partial charge in [-0.15, -0.1) is 0 Å². The molecule has 0 aliphatic rings. The average molecular weight is 309 g/mol. The summed E-state index contributed by atoms with van der Waals surface area (Å²) < 4.78 is 0. The zero-order chi connectivity index (χ0) is 0. The SMILES string of the molecule is [Cd+2].[In+3].[O-2].[Zn+2]. The molecule has 0 saturated heterocycles. The van der Waals surface area contributed by atoms with E-state index in [0.717, 1.165) is 0 Å². The topological polar surface area (TPSA) is 28.5 Å². The summed E-state index contributed by atoms with van der Waals surface area (Å²) in [5.41, 5.74) is 0. The van der Waals surface area contributed by atoms with Gasteiger partial charge in [-0.05, 0) is 0 Å². The second-order valence-electron chi connectivity index (χ2n) is 0. The molecule has 0 radical (unpaired) electrons. The van der Waals surface area contributed by atoms with Crippen LogP contribution in [0.3, 0.4) is 0 Å². The Kier molecular flexibility index (Phi) is 149. The van der Waals surface area contributed by atoms with E-state index >= 15 is 0 Å². The summed E-state index contributed by atoms with van der Waals surface area (Å²) in [6.45, 7) is 0. The maximum Gasteiger partial charge on any atom is 3.00 e. The number of hydrogen-bond donors (Lipinski definition) is 0. The molecular formula is CdInOZn+5. The predicted molar refractivity (Wildman–Crippen MR) is 6.44 cm³/mol. The molecule has 0 aliphatic heterocycles. The maximum absolute atomic E-state index is 0. The quantitative estimate of drug-likeness (QED) is 0.540. The summed E-state index contributed by atoms with van der Waals surface area (Å²) >= 11 is 0. The van der Waals surface area contributed by atoms with Crippen molar-refractivity contribution in [3.05, 3.63) is 0 Å². The largest absolute Gasteiger partial charge is 3.00 e. The number of rotatable bonds is 0. The van der Waals surface area contributed by atoms with E-state index in [1.807, 2.05) is 0 Å². The van der Waals surface area contributed by atoms with Gasteiger partial charge in [-0.2, -0.15) is 0 Å². The van der Waals surface area contributed by atoms with Crippen LogP contribution in [0.1, 0.15) is 0 Å². The van der Waals surface area contributed by atoms with Crippen molar-refractivity contribution < 1.29 is 52.3 Å². The monoisotopic (exact) mass is 309 g/mol. The minimum Gasteiger partial charge on any atom is -2.00 e. The summed E-state index contributed by atoms with van der Waals surface area (Å²) in [6.07, 6.45) is 0. The molecule has 0 atom stereocenters. The van der Waals surface area contributed by atoms with Crippen LogP contribution in [0.5, 0.6) is 0 Å². The molecule has 0 unspecified atom stereocenters. The van der Waals surface area contributed by atoms with E-state index in [0.29, 0.717) is 0 Å². The average Bonchev–Trinajstić information content (AvgIpc) is 0. The second-order valence-corrected chi connectivity index (χ2v) is 0. The molecule has 4 heavy (non-hydrogen) atoms. The van der Waals surface area contributed by atoms with Gasteiger partial charge in [-0.25, -0.2) is 0 Å².